The lowest BCUT2D eigenvalue weighted by Crippen LogP contribution is -2.15. The topological polar surface area (TPSA) is 57.5 Å². The number of carbonyl (C=O) groups is 1. The molecule has 1 unspecified atom stereocenters. The summed E-state index contributed by atoms with van der Waals surface area (Å²) in [6, 6.07) is 0. The van der Waals surface area contributed by atoms with E-state index < -0.39 is 5.97 Å². The molecule has 0 aliphatic heterocycles. The van der Waals surface area contributed by atoms with Gasteiger partial charge < -0.3 is 10.2 Å². The molecule has 0 aromatic rings. The summed E-state index contributed by atoms with van der Waals surface area (Å²) in [5, 5.41) is 17.6. The van der Waals surface area contributed by atoms with Crippen LogP contribution >= 0.6 is 0 Å². The van der Waals surface area contributed by atoms with E-state index in [2.05, 4.69) is 6.92 Å². The summed E-state index contributed by atoms with van der Waals surface area (Å²) in [7, 11) is 0. The summed E-state index contributed by atoms with van der Waals surface area (Å²) in [6.45, 7) is 2.20. The second kappa shape index (κ2) is 11.9. The molecule has 0 aromatic carbocycles. The molecular formula is C14H28O3. The molecular weight excluding hydrogens is 216 g/mol. The van der Waals surface area contributed by atoms with Crippen LogP contribution < -0.4 is 0 Å². The Bertz CT molecular complexity index is 180. The minimum absolute atomic E-state index is 0.0199. The number of hydrogen-bond acceptors (Lipinski definition) is 2. The highest BCUT2D eigenvalue weighted by Crippen LogP contribution is 2.15. The van der Waals surface area contributed by atoms with Crippen molar-refractivity contribution in [2.24, 2.45) is 5.92 Å². The van der Waals surface area contributed by atoms with Crippen LogP contribution in [0.5, 0.6) is 0 Å². The molecule has 102 valence electrons. The lowest BCUT2D eigenvalue weighted by atomic mass is 9.97. The number of aliphatic hydroxyl groups is 1. The quantitative estimate of drug-likeness (QED) is 0.516. The fraction of sp³-hybridized carbons (Fsp3) is 0.929. The minimum Gasteiger partial charge on any atom is -0.481 e. The van der Waals surface area contributed by atoms with Crippen LogP contribution in [0.1, 0.15) is 71.1 Å². The molecule has 0 saturated carbocycles. The number of rotatable bonds is 12. The first-order valence-electron chi connectivity index (χ1n) is 7.06. The Kier molecular flexibility index (Phi) is 11.5. The van der Waals surface area contributed by atoms with Crippen molar-refractivity contribution in [3.63, 3.8) is 0 Å². The Morgan fingerprint density at radius 2 is 1.47 bits per heavy atom. The van der Waals surface area contributed by atoms with Gasteiger partial charge in [0.2, 0.25) is 0 Å². The smallest absolute Gasteiger partial charge is 0.306 e. The van der Waals surface area contributed by atoms with Gasteiger partial charge in [0, 0.05) is 6.61 Å². The van der Waals surface area contributed by atoms with E-state index in [-0.39, 0.29) is 12.5 Å². The van der Waals surface area contributed by atoms with Gasteiger partial charge in [0.05, 0.1) is 5.92 Å². The van der Waals surface area contributed by atoms with Gasteiger partial charge in [0.25, 0.3) is 0 Å². The van der Waals surface area contributed by atoms with Gasteiger partial charge in [-0.25, -0.2) is 0 Å². The lowest BCUT2D eigenvalue weighted by molar-refractivity contribution is -0.142. The van der Waals surface area contributed by atoms with E-state index in [4.69, 9.17) is 10.2 Å². The molecule has 0 spiro atoms. The Hall–Kier alpha value is -0.570. The molecule has 3 nitrogen and oxygen atoms in total. The maximum atomic E-state index is 10.8. The van der Waals surface area contributed by atoms with Gasteiger partial charge in [0.15, 0.2) is 0 Å². The largest absolute Gasteiger partial charge is 0.481 e. The van der Waals surface area contributed by atoms with Crippen molar-refractivity contribution in [3.8, 4) is 0 Å². The summed E-state index contributed by atoms with van der Waals surface area (Å²) in [5.74, 6) is -1.11. The predicted octanol–water partition coefficient (Wildman–Crippen LogP) is 3.60. The van der Waals surface area contributed by atoms with Gasteiger partial charge in [-0.15, -0.1) is 0 Å². The SMILES string of the molecule is CCCCCCCCCCC(CCO)C(=O)O. The maximum absolute atomic E-state index is 10.8. The van der Waals surface area contributed by atoms with Crippen molar-refractivity contribution in [2.45, 2.75) is 71.1 Å². The van der Waals surface area contributed by atoms with Gasteiger partial charge >= 0.3 is 5.97 Å². The molecule has 0 rings (SSSR count). The standard InChI is InChI=1S/C14H28O3/c1-2-3-4-5-6-7-8-9-10-13(11-12-15)14(16)17/h13,15H,2-12H2,1H3,(H,16,17). The van der Waals surface area contributed by atoms with E-state index in [1.54, 1.807) is 0 Å². The molecule has 0 amide bonds. The summed E-state index contributed by atoms with van der Waals surface area (Å²) < 4.78 is 0. The van der Waals surface area contributed by atoms with Gasteiger partial charge in [-0.05, 0) is 12.8 Å². The van der Waals surface area contributed by atoms with Crippen LogP contribution in [0.4, 0.5) is 0 Å². The summed E-state index contributed by atoms with van der Waals surface area (Å²) in [5.41, 5.74) is 0. The van der Waals surface area contributed by atoms with Crippen LogP contribution in [0.3, 0.4) is 0 Å². The molecule has 0 heterocycles. The second-order valence-corrected chi connectivity index (χ2v) is 4.81. The van der Waals surface area contributed by atoms with Crippen LogP contribution in [0.15, 0.2) is 0 Å². The number of hydrogen-bond donors (Lipinski definition) is 2. The number of carboxylic acids is 1. The van der Waals surface area contributed by atoms with Crippen molar-refractivity contribution >= 4 is 5.97 Å². The normalized spacial score (nSPS) is 12.6. The average Bonchev–Trinajstić information content (AvgIpc) is 2.31. The van der Waals surface area contributed by atoms with E-state index in [9.17, 15) is 4.79 Å². The van der Waals surface area contributed by atoms with Gasteiger partial charge in [-0.3, -0.25) is 4.79 Å². The van der Waals surface area contributed by atoms with E-state index in [1.165, 1.54) is 38.5 Å². The Labute approximate surface area is 105 Å². The van der Waals surface area contributed by atoms with Crippen molar-refractivity contribution in [1.29, 1.82) is 0 Å². The molecule has 2 N–H and O–H groups in total. The monoisotopic (exact) mass is 244 g/mol. The van der Waals surface area contributed by atoms with E-state index in [1.807, 2.05) is 0 Å². The number of aliphatic carboxylic acids is 1. The van der Waals surface area contributed by atoms with Gasteiger partial charge in [-0.2, -0.15) is 0 Å². The first-order chi connectivity index (χ1) is 8.22. The molecule has 0 aromatic heterocycles. The fourth-order valence-corrected chi connectivity index (χ4v) is 2.07. The molecule has 0 aliphatic carbocycles. The minimum atomic E-state index is -0.762. The highest BCUT2D eigenvalue weighted by Gasteiger charge is 2.15. The highest BCUT2D eigenvalue weighted by molar-refractivity contribution is 5.69. The van der Waals surface area contributed by atoms with E-state index in [0.29, 0.717) is 12.8 Å². The zero-order valence-electron chi connectivity index (χ0n) is 11.2. The zero-order chi connectivity index (χ0) is 12.9. The summed E-state index contributed by atoms with van der Waals surface area (Å²) >= 11 is 0. The van der Waals surface area contributed by atoms with Crippen molar-refractivity contribution in [3.05, 3.63) is 0 Å². The molecule has 3 heteroatoms. The van der Waals surface area contributed by atoms with Crippen molar-refractivity contribution in [2.75, 3.05) is 6.61 Å². The zero-order valence-corrected chi connectivity index (χ0v) is 11.2. The molecule has 0 bridgehead atoms. The van der Waals surface area contributed by atoms with Crippen molar-refractivity contribution in [1.82, 2.24) is 0 Å². The lowest BCUT2D eigenvalue weighted by Gasteiger charge is -2.10. The van der Waals surface area contributed by atoms with Gasteiger partial charge in [0.1, 0.15) is 0 Å². The average molecular weight is 244 g/mol. The Morgan fingerprint density at radius 1 is 0.941 bits per heavy atom. The maximum Gasteiger partial charge on any atom is 0.306 e. The number of unbranched alkanes of at least 4 members (excludes halogenated alkanes) is 7. The molecule has 17 heavy (non-hydrogen) atoms. The van der Waals surface area contributed by atoms with Crippen LogP contribution in [-0.4, -0.2) is 22.8 Å². The van der Waals surface area contributed by atoms with Gasteiger partial charge in [-0.1, -0.05) is 58.3 Å². The first kappa shape index (κ1) is 16.4. The molecule has 1 atom stereocenters. The molecule has 0 saturated heterocycles. The van der Waals surface area contributed by atoms with Crippen LogP contribution in [-0.2, 0) is 4.79 Å². The summed E-state index contributed by atoms with van der Waals surface area (Å²) in [4.78, 5) is 10.8. The van der Waals surface area contributed by atoms with Crippen LogP contribution in [0, 0.1) is 5.92 Å². The highest BCUT2D eigenvalue weighted by atomic mass is 16.4. The third kappa shape index (κ3) is 10.3. The fourth-order valence-electron chi connectivity index (χ4n) is 2.07. The van der Waals surface area contributed by atoms with Crippen molar-refractivity contribution < 1.29 is 15.0 Å². The molecule has 0 aliphatic rings. The first-order valence-corrected chi connectivity index (χ1v) is 7.06. The van der Waals surface area contributed by atoms with Crippen LogP contribution in [0.25, 0.3) is 0 Å². The summed E-state index contributed by atoms with van der Waals surface area (Å²) in [6.07, 6.45) is 11.0. The third-order valence-electron chi connectivity index (χ3n) is 3.23. The Balaban J connectivity index is 3.33. The van der Waals surface area contributed by atoms with E-state index >= 15 is 0 Å². The molecule has 0 radical (unpaired) electrons. The van der Waals surface area contributed by atoms with Crippen LogP contribution in [0.2, 0.25) is 0 Å². The third-order valence-corrected chi connectivity index (χ3v) is 3.23. The molecule has 0 fully saturated rings. The second-order valence-electron chi connectivity index (χ2n) is 4.81. The predicted molar refractivity (Wildman–Crippen MR) is 70.1 cm³/mol. The van der Waals surface area contributed by atoms with E-state index in [0.717, 1.165) is 12.8 Å². The Morgan fingerprint density at radius 3 is 1.94 bits per heavy atom. The number of aliphatic hydroxyl groups excluding tert-OH is 1. The number of carboxylic acid groups (broad SMARTS) is 1.